The van der Waals surface area contributed by atoms with Gasteiger partial charge in [-0.2, -0.15) is 0 Å². The van der Waals surface area contributed by atoms with Crippen LogP contribution >= 0.6 is 0 Å². The second kappa shape index (κ2) is 7.68. The zero-order chi connectivity index (χ0) is 11.7. The topological polar surface area (TPSA) is 69.6 Å². The normalized spacial score (nSPS) is 9.07. The van der Waals surface area contributed by atoms with E-state index in [0.717, 1.165) is 0 Å². The third-order valence-electron chi connectivity index (χ3n) is 1.77. The Balaban J connectivity index is 3.47. The average molecular weight is 212 g/mol. The summed E-state index contributed by atoms with van der Waals surface area (Å²) in [5, 5.41) is 11.0. The number of urea groups is 1. The van der Waals surface area contributed by atoms with Crippen molar-refractivity contribution < 1.29 is 14.7 Å². The Morgan fingerprint density at radius 2 is 2.13 bits per heavy atom. The molecule has 2 N–H and O–H groups in total. The smallest absolute Gasteiger partial charge is 0.317 e. The molecular formula is C10H16N2O3. The van der Waals surface area contributed by atoms with Gasteiger partial charge in [-0.1, -0.05) is 5.92 Å². The number of nitrogens with zero attached hydrogens (tertiary/aromatic N) is 1. The van der Waals surface area contributed by atoms with E-state index in [1.54, 1.807) is 7.05 Å². The van der Waals surface area contributed by atoms with Gasteiger partial charge in [0.05, 0.1) is 6.54 Å². The molecule has 15 heavy (non-hydrogen) atoms. The second-order valence-corrected chi connectivity index (χ2v) is 3.14. The van der Waals surface area contributed by atoms with Gasteiger partial charge >= 0.3 is 12.0 Å². The maximum Gasteiger partial charge on any atom is 0.317 e. The zero-order valence-electron chi connectivity index (χ0n) is 8.82. The minimum atomic E-state index is -0.814. The minimum absolute atomic E-state index is 0.135. The lowest BCUT2D eigenvalue weighted by Gasteiger charge is -2.14. The van der Waals surface area contributed by atoms with Crippen molar-refractivity contribution in [2.24, 2.45) is 0 Å². The maximum absolute atomic E-state index is 11.2. The molecule has 5 nitrogen and oxygen atoms in total. The van der Waals surface area contributed by atoms with Crippen LogP contribution in [-0.4, -0.2) is 42.1 Å². The molecule has 0 aromatic heterocycles. The highest BCUT2D eigenvalue weighted by Gasteiger charge is 2.05. The van der Waals surface area contributed by atoms with Crippen LogP contribution in [0.25, 0.3) is 0 Å². The number of carboxylic acid groups (broad SMARTS) is 1. The van der Waals surface area contributed by atoms with E-state index in [-0.39, 0.29) is 19.0 Å². The maximum atomic E-state index is 11.2. The summed E-state index contributed by atoms with van der Waals surface area (Å²) in [7, 11) is 1.60. The molecule has 0 saturated carbocycles. The Morgan fingerprint density at radius 3 is 2.67 bits per heavy atom. The molecule has 0 bridgehead atoms. The zero-order valence-corrected chi connectivity index (χ0v) is 8.82. The van der Waals surface area contributed by atoms with Crippen molar-refractivity contribution >= 4 is 12.0 Å². The summed E-state index contributed by atoms with van der Waals surface area (Å²) in [5.74, 6) is 1.54. The molecule has 0 unspecified atom stereocenters. The summed E-state index contributed by atoms with van der Waals surface area (Å²) in [6.45, 7) is 0.738. The Hall–Kier alpha value is -1.70. The quantitative estimate of drug-likeness (QED) is 0.498. The summed E-state index contributed by atoms with van der Waals surface area (Å²) in [5.41, 5.74) is 0. The molecule has 0 heterocycles. The molecule has 2 amide bonds. The van der Waals surface area contributed by atoms with Crippen LogP contribution in [0.1, 0.15) is 19.3 Å². The monoisotopic (exact) mass is 212 g/mol. The van der Waals surface area contributed by atoms with Crippen LogP contribution < -0.4 is 5.32 Å². The van der Waals surface area contributed by atoms with Crippen molar-refractivity contribution in [1.29, 1.82) is 0 Å². The van der Waals surface area contributed by atoms with Crippen molar-refractivity contribution in [3.8, 4) is 12.3 Å². The number of carboxylic acids is 1. The standard InChI is InChI=1S/C10H16N2O3/c1-3-8-12(2)10(15)11-7-5-4-6-9(13)14/h1H,4-8H2,2H3,(H,11,15)(H,13,14). The molecule has 0 aliphatic heterocycles. The van der Waals surface area contributed by atoms with Crippen LogP contribution in [-0.2, 0) is 4.79 Å². The third-order valence-corrected chi connectivity index (χ3v) is 1.77. The number of hydrogen-bond donors (Lipinski definition) is 2. The van der Waals surface area contributed by atoms with Gasteiger partial charge in [0.2, 0.25) is 0 Å². The molecule has 0 aliphatic rings. The van der Waals surface area contributed by atoms with Gasteiger partial charge in [-0.05, 0) is 12.8 Å². The SMILES string of the molecule is C#CCN(C)C(=O)NCCCCC(=O)O. The van der Waals surface area contributed by atoms with Gasteiger partial charge in [0.25, 0.3) is 0 Å². The molecule has 84 valence electrons. The van der Waals surface area contributed by atoms with Crippen LogP contribution in [0.4, 0.5) is 4.79 Å². The first kappa shape index (κ1) is 13.3. The molecule has 0 aliphatic carbocycles. The largest absolute Gasteiger partial charge is 0.481 e. The van der Waals surface area contributed by atoms with E-state index in [1.807, 2.05) is 0 Å². The summed E-state index contributed by atoms with van der Waals surface area (Å²) in [6.07, 6.45) is 6.39. The molecule has 0 atom stereocenters. The summed E-state index contributed by atoms with van der Waals surface area (Å²) >= 11 is 0. The highest BCUT2D eigenvalue weighted by molar-refractivity contribution is 5.74. The Labute approximate surface area is 89.4 Å². The highest BCUT2D eigenvalue weighted by atomic mass is 16.4. The number of rotatable bonds is 6. The lowest BCUT2D eigenvalue weighted by atomic mass is 10.2. The highest BCUT2D eigenvalue weighted by Crippen LogP contribution is 1.93. The molecule has 0 rings (SSSR count). The van der Waals surface area contributed by atoms with Crippen molar-refractivity contribution in [1.82, 2.24) is 10.2 Å². The number of terminal acetylenes is 1. The van der Waals surface area contributed by atoms with E-state index < -0.39 is 5.97 Å². The van der Waals surface area contributed by atoms with Gasteiger partial charge in [0, 0.05) is 20.0 Å². The molecule has 0 spiro atoms. The number of carbonyl (C=O) groups excluding carboxylic acids is 1. The number of aliphatic carboxylic acids is 1. The Morgan fingerprint density at radius 1 is 1.47 bits per heavy atom. The molecule has 0 fully saturated rings. The van der Waals surface area contributed by atoms with E-state index >= 15 is 0 Å². The lowest BCUT2D eigenvalue weighted by molar-refractivity contribution is -0.137. The summed E-state index contributed by atoms with van der Waals surface area (Å²) < 4.78 is 0. The van der Waals surface area contributed by atoms with Crippen LogP contribution in [0, 0.1) is 12.3 Å². The van der Waals surface area contributed by atoms with Gasteiger partial charge in [-0.25, -0.2) is 4.79 Å². The van der Waals surface area contributed by atoms with Crippen molar-refractivity contribution in [3.63, 3.8) is 0 Å². The van der Waals surface area contributed by atoms with Crippen LogP contribution in [0.2, 0.25) is 0 Å². The van der Waals surface area contributed by atoms with Crippen molar-refractivity contribution in [2.75, 3.05) is 20.1 Å². The fourth-order valence-electron chi connectivity index (χ4n) is 0.940. The van der Waals surface area contributed by atoms with Gasteiger partial charge in [0.1, 0.15) is 0 Å². The first-order valence-electron chi connectivity index (χ1n) is 4.72. The molecule has 5 heteroatoms. The van der Waals surface area contributed by atoms with E-state index in [4.69, 9.17) is 11.5 Å². The van der Waals surface area contributed by atoms with Gasteiger partial charge in [-0.3, -0.25) is 4.79 Å². The fourth-order valence-corrected chi connectivity index (χ4v) is 0.940. The Bertz CT molecular complexity index is 258. The molecule has 0 saturated heterocycles. The molecule has 0 radical (unpaired) electrons. The average Bonchev–Trinajstić information content (AvgIpc) is 2.16. The second-order valence-electron chi connectivity index (χ2n) is 3.14. The van der Waals surface area contributed by atoms with E-state index in [0.29, 0.717) is 19.4 Å². The minimum Gasteiger partial charge on any atom is -0.481 e. The van der Waals surface area contributed by atoms with Crippen molar-refractivity contribution in [3.05, 3.63) is 0 Å². The van der Waals surface area contributed by atoms with Crippen LogP contribution in [0.15, 0.2) is 0 Å². The number of hydrogen-bond acceptors (Lipinski definition) is 2. The van der Waals surface area contributed by atoms with Crippen molar-refractivity contribution in [2.45, 2.75) is 19.3 Å². The first-order valence-corrected chi connectivity index (χ1v) is 4.72. The Kier molecular flexibility index (Phi) is 6.81. The summed E-state index contributed by atoms with van der Waals surface area (Å²) in [6, 6.07) is -0.233. The van der Waals surface area contributed by atoms with Crippen LogP contribution in [0.3, 0.4) is 0 Å². The number of carbonyl (C=O) groups is 2. The van der Waals surface area contributed by atoms with Crippen LogP contribution in [0.5, 0.6) is 0 Å². The molecule has 0 aromatic rings. The fraction of sp³-hybridized carbons (Fsp3) is 0.600. The number of unbranched alkanes of at least 4 members (excludes halogenated alkanes) is 1. The van der Waals surface area contributed by atoms with Gasteiger partial charge in [-0.15, -0.1) is 6.42 Å². The van der Waals surface area contributed by atoms with Gasteiger partial charge in [0.15, 0.2) is 0 Å². The lowest BCUT2D eigenvalue weighted by Crippen LogP contribution is -2.37. The van der Waals surface area contributed by atoms with E-state index in [2.05, 4.69) is 11.2 Å². The molecule has 0 aromatic carbocycles. The predicted octanol–water partition coefficient (Wildman–Crippen LogP) is 0.516. The molecular weight excluding hydrogens is 196 g/mol. The number of amides is 2. The third kappa shape index (κ3) is 7.38. The summed E-state index contributed by atoms with van der Waals surface area (Å²) in [4.78, 5) is 22.8. The van der Waals surface area contributed by atoms with Gasteiger partial charge < -0.3 is 15.3 Å². The predicted molar refractivity (Wildman–Crippen MR) is 56.3 cm³/mol. The number of nitrogens with one attached hydrogen (secondary N) is 1. The van der Waals surface area contributed by atoms with E-state index in [1.165, 1.54) is 4.90 Å². The van der Waals surface area contributed by atoms with E-state index in [9.17, 15) is 9.59 Å². The first-order chi connectivity index (χ1) is 7.07.